The molecule has 1 amide bonds. The van der Waals surface area contributed by atoms with Gasteiger partial charge in [0.2, 0.25) is 0 Å². The zero-order chi connectivity index (χ0) is 16.9. The summed E-state index contributed by atoms with van der Waals surface area (Å²) in [6.45, 7) is 3.44. The van der Waals surface area contributed by atoms with Crippen LogP contribution in [-0.4, -0.2) is 17.7 Å². The first kappa shape index (κ1) is 15.8. The molecule has 0 aliphatic heterocycles. The standard InChI is InChI=1S/C19H18N2O3/c1-13(18-8-5-11-23-18)20-21-19(22)14(2)24-17-10-9-15-6-3-4-7-16(15)12-17/h3-12,14H,1-2H3,(H,21,22). The number of amides is 1. The van der Waals surface area contributed by atoms with Gasteiger partial charge < -0.3 is 9.15 Å². The minimum Gasteiger partial charge on any atom is -0.481 e. The van der Waals surface area contributed by atoms with Crippen molar-refractivity contribution in [3.63, 3.8) is 0 Å². The smallest absolute Gasteiger partial charge is 0.280 e. The summed E-state index contributed by atoms with van der Waals surface area (Å²) in [6, 6.07) is 17.3. The number of carbonyl (C=O) groups excluding carboxylic acids is 1. The highest BCUT2D eigenvalue weighted by Crippen LogP contribution is 2.21. The van der Waals surface area contributed by atoms with Crippen LogP contribution < -0.4 is 10.2 Å². The van der Waals surface area contributed by atoms with Crippen molar-refractivity contribution in [3.05, 3.63) is 66.6 Å². The molecule has 1 unspecified atom stereocenters. The van der Waals surface area contributed by atoms with Crippen molar-refractivity contribution in [1.82, 2.24) is 5.43 Å². The molecule has 5 nitrogen and oxygen atoms in total. The highest BCUT2D eigenvalue weighted by Gasteiger charge is 2.14. The monoisotopic (exact) mass is 322 g/mol. The Morgan fingerprint density at radius 1 is 1.12 bits per heavy atom. The lowest BCUT2D eigenvalue weighted by Crippen LogP contribution is -2.33. The van der Waals surface area contributed by atoms with Crippen LogP contribution >= 0.6 is 0 Å². The summed E-state index contributed by atoms with van der Waals surface area (Å²) in [5, 5.41) is 6.21. The Balaban J connectivity index is 1.63. The van der Waals surface area contributed by atoms with E-state index in [1.807, 2.05) is 42.5 Å². The fraction of sp³-hybridized carbons (Fsp3) is 0.158. The van der Waals surface area contributed by atoms with Gasteiger partial charge in [0.25, 0.3) is 5.91 Å². The first-order chi connectivity index (χ1) is 11.6. The fourth-order valence-corrected chi connectivity index (χ4v) is 2.27. The molecule has 0 radical (unpaired) electrons. The molecule has 3 rings (SSSR count). The van der Waals surface area contributed by atoms with Crippen LogP contribution in [0.2, 0.25) is 0 Å². The second-order valence-electron chi connectivity index (χ2n) is 5.42. The summed E-state index contributed by atoms with van der Waals surface area (Å²) in [7, 11) is 0. The number of rotatable bonds is 5. The van der Waals surface area contributed by atoms with Gasteiger partial charge in [-0.3, -0.25) is 4.79 Å². The van der Waals surface area contributed by atoms with E-state index < -0.39 is 6.10 Å². The molecule has 3 aromatic rings. The Morgan fingerprint density at radius 3 is 2.67 bits per heavy atom. The zero-order valence-electron chi connectivity index (χ0n) is 13.5. The summed E-state index contributed by atoms with van der Waals surface area (Å²) < 4.78 is 10.9. The first-order valence-corrected chi connectivity index (χ1v) is 7.67. The third kappa shape index (κ3) is 3.63. The number of carbonyl (C=O) groups is 1. The molecule has 0 spiro atoms. The summed E-state index contributed by atoms with van der Waals surface area (Å²) in [5.41, 5.74) is 3.08. The van der Waals surface area contributed by atoms with Gasteiger partial charge in [0.15, 0.2) is 6.10 Å². The molecule has 5 heteroatoms. The van der Waals surface area contributed by atoms with E-state index in [1.54, 1.807) is 32.2 Å². The van der Waals surface area contributed by atoms with Crippen molar-refractivity contribution >= 4 is 22.4 Å². The number of benzene rings is 2. The number of hydrogen-bond donors (Lipinski definition) is 1. The number of furan rings is 1. The molecule has 24 heavy (non-hydrogen) atoms. The molecule has 1 aromatic heterocycles. The summed E-state index contributed by atoms with van der Waals surface area (Å²) in [4.78, 5) is 12.1. The second kappa shape index (κ2) is 7.00. The molecule has 1 atom stereocenters. The average molecular weight is 322 g/mol. The molecule has 0 aliphatic rings. The van der Waals surface area contributed by atoms with Gasteiger partial charge in [0.1, 0.15) is 17.2 Å². The highest BCUT2D eigenvalue weighted by molar-refractivity contribution is 5.97. The molecule has 0 bridgehead atoms. The molecule has 0 saturated carbocycles. The summed E-state index contributed by atoms with van der Waals surface area (Å²) in [6.07, 6.45) is 0.890. The van der Waals surface area contributed by atoms with Gasteiger partial charge in [-0.1, -0.05) is 30.3 Å². The predicted octanol–water partition coefficient (Wildman–Crippen LogP) is 3.74. The van der Waals surface area contributed by atoms with Gasteiger partial charge in [0.05, 0.1) is 6.26 Å². The van der Waals surface area contributed by atoms with Gasteiger partial charge in [-0.05, 0) is 48.9 Å². The van der Waals surface area contributed by atoms with Gasteiger partial charge >= 0.3 is 0 Å². The van der Waals surface area contributed by atoms with E-state index in [0.717, 1.165) is 10.8 Å². The Hall–Kier alpha value is -3.08. The van der Waals surface area contributed by atoms with Crippen LogP contribution in [0.4, 0.5) is 0 Å². The van der Waals surface area contributed by atoms with Crippen LogP contribution in [0.15, 0.2) is 70.4 Å². The Bertz CT molecular complexity index is 869. The van der Waals surface area contributed by atoms with E-state index in [9.17, 15) is 4.79 Å². The lowest BCUT2D eigenvalue weighted by molar-refractivity contribution is -0.127. The third-order valence-electron chi connectivity index (χ3n) is 3.61. The van der Waals surface area contributed by atoms with Crippen LogP contribution in [-0.2, 0) is 4.79 Å². The number of fused-ring (bicyclic) bond motifs is 1. The average Bonchev–Trinajstić information content (AvgIpc) is 3.14. The van der Waals surface area contributed by atoms with Crippen LogP contribution in [0, 0.1) is 0 Å². The number of nitrogens with one attached hydrogen (secondary N) is 1. The fourth-order valence-electron chi connectivity index (χ4n) is 2.27. The van der Waals surface area contributed by atoms with Crippen molar-refractivity contribution < 1.29 is 13.9 Å². The Labute approximate surface area is 139 Å². The number of hydrazone groups is 1. The predicted molar refractivity (Wildman–Crippen MR) is 93.1 cm³/mol. The molecule has 0 aliphatic carbocycles. The van der Waals surface area contributed by atoms with Crippen molar-refractivity contribution in [2.45, 2.75) is 20.0 Å². The SMILES string of the molecule is CC(=NNC(=O)C(C)Oc1ccc2ccccc2c1)c1ccco1. The topological polar surface area (TPSA) is 63.8 Å². The van der Waals surface area contributed by atoms with Gasteiger partial charge in [0, 0.05) is 0 Å². The molecular formula is C19H18N2O3. The highest BCUT2D eigenvalue weighted by atomic mass is 16.5. The lowest BCUT2D eigenvalue weighted by Gasteiger charge is -2.13. The molecule has 122 valence electrons. The number of ether oxygens (including phenoxy) is 1. The van der Waals surface area contributed by atoms with Crippen LogP contribution in [0.25, 0.3) is 10.8 Å². The van der Waals surface area contributed by atoms with E-state index in [2.05, 4.69) is 10.5 Å². The zero-order valence-corrected chi connectivity index (χ0v) is 13.5. The molecule has 0 saturated heterocycles. The Morgan fingerprint density at radius 2 is 1.92 bits per heavy atom. The van der Waals surface area contributed by atoms with E-state index in [-0.39, 0.29) is 5.91 Å². The normalized spacial score (nSPS) is 12.8. The molecule has 1 N–H and O–H groups in total. The van der Waals surface area contributed by atoms with Gasteiger partial charge in [-0.2, -0.15) is 5.10 Å². The van der Waals surface area contributed by atoms with E-state index in [0.29, 0.717) is 17.2 Å². The number of nitrogens with zero attached hydrogens (tertiary/aromatic N) is 1. The lowest BCUT2D eigenvalue weighted by atomic mass is 10.1. The third-order valence-corrected chi connectivity index (χ3v) is 3.61. The minimum absolute atomic E-state index is 0.325. The molecule has 2 aromatic carbocycles. The number of hydrogen-bond acceptors (Lipinski definition) is 4. The van der Waals surface area contributed by atoms with Crippen molar-refractivity contribution in [2.24, 2.45) is 5.10 Å². The maximum atomic E-state index is 12.1. The minimum atomic E-state index is -0.667. The molecule has 1 heterocycles. The van der Waals surface area contributed by atoms with Crippen LogP contribution in [0.3, 0.4) is 0 Å². The molecule has 0 fully saturated rings. The van der Waals surface area contributed by atoms with E-state index >= 15 is 0 Å². The quantitative estimate of drug-likeness (QED) is 0.575. The van der Waals surface area contributed by atoms with E-state index in [4.69, 9.17) is 9.15 Å². The van der Waals surface area contributed by atoms with Crippen molar-refractivity contribution in [3.8, 4) is 5.75 Å². The summed E-state index contributed by atoms with van der Waals surface area (Å²) in [5.74, 6) is 0.926. The van der Waals surface area contributed by atoms with Crippen LogP contribution in [0.5, 0.6) is 5.75 Å². The molecular weight excluding hydrogens is 304 g/mol. The second-order valence-corrected chi connectivity index (χ2v) is 5.42. The summed E-state index contributed by atoms with van der Waals surface area (Å²) >= 11 is 0. The Kier molecular flexibility index (Phi) is 4.61. The van der Waals surface area contributed by atoms with Crippen LogP contribution in [0.1, 0.15) is 19.6 Å². The maximum Gasteiger partial charge on any atom is 0.280 e. The van der Waals surface area contributed by atoms with Gasteiger partial charge in [-0.15, -0.1) is 0 Å². The largest absolute Gasteiger partial charge is 0.481 e. The van der Waals surface area contributed by atoms with Crippen molar-refractivity contribution in [1.29, 1.82) is 0 Å². The maximum absolute atomic E-state index is 12.1. The first-order valence-electron chi connectivity index (χ1n) is 7.67. The van der Waals surface area contributed by atoms with Gasteiger partial charge in [-0.25, -0.2) is 5.43 Å². The van der Waals surface area contributed by atoms with Crippen molar-refractivity contribution in [2.75, 3.05) is 0 Å². The van der Waals surface area contributed by atoms with E-state index in [1.165, 1.54) is 0 Å².